The van der Waals surface area contributed by atoms with E-state index >= 15 is 0 Å². The van der Waals surface area contributed by atoms with Crippen LogP contribution in [0.25, 0.3) is 0 Å². The number of nitrogens with one attached hydrogen (secondary N) is 1. The Morgan fingerprint density at radius 1 is 1.42 bits per heavy atom. The number of β-amino-alcohol motifs (C(OH)–C–C–N with tert-alkyl or cyclic N) is 1. The van der Waals surface area contributed by atoms with Crippen LogP contribution < -0.4 is 5.32 Å². The number of aromatic nitrogens is 1. The zero-order valence-corrected chi connectivity index (χ0v) is 13.9. The number of nitrogens with zero attached hydrogens (tertiary/aromatic N) is 2. The largest absolute Gasteiger partial charge is 0.389 e. The van der Waals surface area contributed by atoms with Crippen molar-refractivity contribution < 1.29 is 14.7 Å². The van der Waals surface area contributed by atoms with Crippen molar-refractivity contribution in [2.75, 3.05) is 13.1 Å². The third-order valence-electron chi connectivity index (χ3n) is 4.11. The maximum Gasteiger partial charge on any atom is 0.253 e. The molecule has 0 aromatic carbocycles. The highest BCUT2D eigenvalue weighted by atomic mass is 32.1. The third-order valence-corrected chi connectivity index (χ3v) is 4.84. The summed E-state index contributed by atoms with van der Waals surface area (Å²) in [6.07, 6.45) is 3.20. The van der Waals surface area contributed by atoms with E-state index in [2.05, 4.69) is 10.3 Å². The fraction of sp³-hybridized carbons (Fsp3) is 0.353. The summed E-state index contributed by atoms with van der Waals surface area (Å²) in [5, 5.41) is 17.0. The molecular formula is C17H19N3O3S. The summed E-state index contributed by atoms with van der Waals surface area (Å²) in [4.78, 5) is 30.0. The molecule has 2 aromatic heterocycles. The summed E-state index contributed by atoms with van der Waals surface area (Å²) in [5.74, 6) is -0.255. The first-order chi connectivity index (χ1) is 11.6. The molecule has 126 valence electrons. The predicted octanol–water partition coefficient (Wildman–Crippen LogP) is 1.08. The maximum absolute atomic E-state index is 12.3. The van der Waals surface area contributed by atoms with E-state index in [1.54, 1.807) is 34.6 Å². The Morgan fingerprint density at radius 2 is 2.29 bits per heavy atom. The lowest BCUT2D eigenvalue weighted by Crippen LogP contribution is -2.55. The molecule has 1 fully saturated rings. The number of rotatable bonds is 4. The van der Waals surface area contributed by atoms with E-state index in [4.69, 9.17) is 0 Å². The SMILES string of the molecule is O=C(N[C@@H]1CCN(C(=O)Cc2ccsc2)C[C@H]1O)c1cccnc1. The van der Waals surface area contributed by atoms with Crippen molar-refractivity contribution >= 4 is 23.2 Å². The van der Waals surface area contributed by atoms with Crippen LogP contribution in [0.2, 0.25) is 0 Å². The molecule has 7 heteroatoms. The zero-order valence-electron chi connectivity index (χ0n) is 13.1. The number of carbonyl (C=O) groups excluding carboxylic acids is 2. The van der Waals surface area contributed by atoms with Crippen LogP contribution in [-0.4, -0.2) is 52.0 Å². The van der Waals surface area contributed by atoms with Crippen LogP contribution in [0.1, 0.15) is 22.3 Å². The molecule has 2 aromatic rings. The predicted molar refractivity (Wildman–Crippen MR) is 90.7 cm³/mol. The minimum Gasteiger partial charge on any atom is -0.389 e. The number of aliphatic hydroxyl groups excluding tert-OH is 1. The first kappa shape index (κ1) is 16.6. The van der Waals surface area contributed by atoms with Gasteiger partial charge < -0.3 is 15.3 Å². The first-order valence-corrected chi connectivity index (χ1v) is 8.75. The van der Waals surface area contributed by atoms with Crippen molar-refractivity contribution in [3.63, 3.8) is 0 Å². The van der Waals surface area contributed by atoms with Gasteiger partial charge in [0.05, 0.1) is 24.1 Å². The van der Waals surface area contributed by atoms with Gasteiger partial charge in [-0.3, -0.25) is 14.6 Å². The molecule has 2 N–H and O–H groups in total. The lowest BCUT2D eigenvalue weighted by Gasteiger charge is -2.36. The van der Waals surface area contributed by atoms with Gasteiger partial charge in [-0.05, 0) is 40.9 Å². The van der Waals surface area contributed by atoms with Gasteiger partial charge in [0.25, 0.3) is 5.91 Å². The molecule has 0 unspecified atom stereocenters. The fourth-order valence-electron chi connectivity index (χ4n) is 2.75. The third kappa shape index (κ3) is 3.98. The van der Waals surface area contributed by atoms with E-state index in [-0.39, 0.29) is 24.4 Å². The molecule has 3 heterocycles. The molecule has 0 spiro atoms. The topological polar surface area (TPSA) is 82.5 Å². The molecule has 1 aliphatic heterocycles. The fourth-order valence-corrected chi connectivity index (χ4v) is 3.42. The molecular weight excluding hydrogens is 326 g/mol. The highest BCUT2D eigenvalue weighted by molar-refractivity contribution is 7.08. The molecule has 1 saturated heterocycles. The Balaban J connectivity index is 1.53. The number of amides is 2. The number of carbonyl (C=O) groups is 2. The van der Waals surface area contributed by atoms with E-state index in [1.807, 2.05) is 16.8 Å². The summed E-state index contributed by atoms with van der Waals surface area (Å²) < 4.78 is 0. The Labute approximate surface area is 144 Å². The lowest BCUT2D eigenvalue weighted by molar-refractivity contribution is -0.134. The van der Waals surface area contributed by atoms with Crippen molar-refractivity contribution in [3.05, 3.63) is 52.5 Å². The molecule has 3 rings (SSSR count). The minimum atomic E-state index is -0.772. The number of hydrogen-bond donors (Lipinski definition) is 2. The zero-order chi connectivity index (χ0) is 16.9. The summed E-state index contributed by atoms with van der Waals surface area (Å²) in [6.45, 7) is 0.763. The van der Waals surface area contributed by atoms with Gasteiger partial charge in [0.2, 0.25) is 5.91 Å². The van der Waals surface area contributed by atoms with Gasteiger partial charge in [0.1, 0.15) is 0 Å². The summed E-state index contributed by atoms with van der Waals surface area (Å²) in [6, 6.07) is 4.94. The Hall–Kier alpha value is -2.25. The van der Waals surface area contributed by atoms with Gasteiger partial charge in [0.15, 0.2) is 0 Å². The maximum atomic E-state index is 12.3. The second-order valence-electron chi connectivity index (χ2n) is 5.83. The van der Waals surface area contributed by atoms with Crippen molar-refractivity contribution in [3.8, 4) is 0 Å². The van der Waals surface area contributed by atoms with E-state index in [0.29, 0.717) is 24.9 Å². The van der Waals surface area contributed by atoms with E-state index < -0.39 is 6.10 Å². The van der Waals surface area contributed by atoms with Gasteiger partial charge in [-0.1, -0.05) is 0 Å². The summed E-state index contributed by atoms with van der Waals surface area (Å²) >= 11 is 1.56. The molecule has 0 aliphatic carbocycles. The second kappa shape index (κ2) is 7.55. The molecule has 0 radical (unpaired) electrons. The summed E-state index contributed by atoms with van der Waals surface area (Å²) in [7, 11) is 0. The lowest BCUT2D eigenvalue weighted by atomic mass is 10.0. The molecule has 2 atom stereocenters. The molecule has 0 bridgehead atoms. The monoisotopic (exact) mass is 345 g/mol. The first-order valence-electron chi connectivity index (χ1n) is 7.81. The number of thiophene rings is 1. The number of pyridine rings is 1. The van der Waals surface area contributed by atoms with E-state index in [0.717, 1.165) is 5.56 Å². The minimum absolute atomic E-state index is 0.00415. The number of likely N-dealkylation sites (tertiary alicyclic amines) is 1. The van der Waals surface area contributed by atoms with Crippen LogP contribution in [0.5, 0.6) is 0 Å². The smallest absolute Gasteiger partial charge is 0.253 e. The van der Waals surface area contributed by atoms with Gasteiger partial charge in [-0.2, -0.15) is 11.3 Å². The average Bonchev–Trinajstić information content (AvgIpc) is 3.10. The van der Waals surface area contributed by atoms with Crippen LogP contribution in [0.15, 0.2) is 41.4 Å². The second-order valence-corrected chi connectivity index (χ2v) is 6.61. The Bertz CT molecular complexity index is 690. The normalized spacial score (nSPS) is 20.6. The van der Waals surface area contributed by atoms with E-state index in [1.165, 1.54) is 6.20 Å². The van der Waals surface area contributed by atoms with Gasteiger partial charge >= 0.3 is 0 Å². The van der Waals surface area contributed by atoms with Gasteiger partial charge in [-0.15, -0.1) is 0 Å². The quantitative estimate of drug-likeness (QED) is 0.869. The van der Waals surface area contributed by atoms with Gasteiger partial charge in [0, 0.05) is 25.5 Å². The van der Waals surface area contributed by atoms with E-state index in [9.17, 15) is 14.7 Å². The highest BCUT2D eigenvalue weighted by Gasteiger charge is 2.31. The molecule has 2 amide bonds. The highest BCUT2D eigenvalue weighted by Crippen LogP contribution is 2.15. The summed E-state index contributed by atoms with van der Waals surface area (Å²) in [5.41, 5.74) is 1.45. The number of piperidine rings is 1. The van der Waals surface area contributed by atoms with Crippen molar-refractivity contribution in [1.82, 2.24) is 15.2 Å². The number of aliphatic hydroxyl groups is 1. The van der Waals surface area contributed by atoms with Crippen molar-refractivity contribution in [2.45, 2.75) is 25.0 Å². The van der Waals surface area contributed by atoms with Crippen LogP contribution in [0.4, 0.5) is 0 Å². The van der Waals surface area contributed by atoms with Crippen LogP contribution in [0, 0.1) is 0 Å². The Kier molecular flexibility index (Phi) is 5.22. The number of hydrogen-bond acceptors (Lipinski definition) is 5. The van der Waals surface area contributed by atoms with Gasteiger partial charge in [-0.25, -0.2) is 0 Å². The van der Waals surface area contributed by atoms with Crippen LogP contribution in [-0.2, 0) is 11.2 Å². The molecule has 1 aliphatic rings. The van der Waals surface area contributed by atoms with Crippen LogP contribution in [0.3, 0.4) is 0 Å². The molecule has 0 saturated carbocycles. The Morgan fingerprint density at radius 3 is 2.96 bits per heavy atom. The standard InChI is InChI=1S/C17H19N3O3S/c21-15-10-20(16(22)8-12-4-7-24-11-12)6-3-14(15)19-17(23)13-2-1-5-18-9-13/h1-2,4-5,7,9,11,14-15,21H,3,6,8,10H2,(H,19,23)/t14-,15-/m1/s1. The molecule has 6 nitrogen and oxygen atoms in total. The molecule has 24 heavy (non-hydrogen) atoms. The van der Waals surface area contributed by atoms with Crippen molar-refractivity contribution in [1.29, 1.82) is 0 Å². The average molecular weight is 345 g/mol. The van der Waals surface area contributed by atoms with Crippen LogP contribution >= 0.6 is 11.3 Å². The van der Waals surface area contributed by atoms with Crippen molar-refractivity contribution in [2.24, 2.45) is 0 Å².